The lowest BCUT2D eigenvalue weighted by molar-refractivity contribution is 0.0954. The van der Waals surface area contributed by atoms with E-state index in [0.29, 0.717) is 17.1 Å². The van der Waals surface area contributed by atoms with Gasteiger partial charge in [-0.25, -0.2) is 10.1 Å². The van der Waals surface area contributed by atoms with Gasteiger partial charge in [0.1, 0.15) is 5.69 Å². The Morgan fingerprint density at radius 2 is 1.97 bits per heavy atom. The summed E-state index contributed by atoms with van der Waals surface area (Å²) in [6.45, 7) is 0.162. The van der Waals surface area contributed by atoms with Crippen LogP contribution in [-0.2, 0) is 0 Å². The van der Waals surface area contributed by atoms with Crippen molar-refractivity contribution in [2.45, 2.75) is 0 Å². The van der Waals surface area contributed by atoms with Gasteiger partial charge in [0.2, 0.25) is 6.79 Å². The molecule has 1 aliphatic rings. The van der Waals surface area contributed by atoms with Crippen molar-refractivity contribution in [2.75, 3.05) is 6.79 Å². The van der Waals surface area contributed by atoms with Crippen molar-refractivity contribution in [1.29, 1.82) is 0 Å². The largest absolute Gasteiger partial charge is 0.454 e. The van der Waals surface area contributed by atoms with Gasteiger partial charge in [-0.3, -0.25) is 4.79 Å². The maximum absolute atomic E-state index is 12.4. The van der Waals surface area contributed by atoms with E-state index in [1.165, 1.54) is 0 Å². The Hall–Kier alpha value is -3.91. The predicted molar refractivity (Wildman–Crippen MR) is 115 cm³/mol. The van der Waals surface area contributed by atoms with Crippen molar-refractivity contribution in [1.82, 2.24) is 15.2 Å². The fourth-order valence-corrected chi connectivity index (χ4v) is 3.79. The molecule has 1 amide bonds. The molecule has 1 N–H and O–H groups in total. The van der Waals surface area contributed by atoms with E-state index < -0.39 is 0 Å². The van der Waals surface area contributed by atoms with E-state index in [9.17, 15) is 4.79 Å². The SMILES string of the molecule is O=C(N/N=C\c1cn(-c2ccccc2)nc1-c1cccs1)c1ccc2c(c1)OCO2. The predicted octanol–water partition coefficient (Wildman–Crippen LogP) is 4.09. The number of fused-ring (bicyclic) bond motifs is 1. The number of thiophene rings is 1. The molecule has 0 spiro atoms. The molecule has 0 radical (unpaired) electrons. The molecule has 0 saturated carbocycles. The number of hydrogen-bond acceptors (Lipinski definition) is 6. The number of amides is 1. The highest BCUT2D eigenvalue weighted by atomic mass is 32.1. The average molecular weight is 416 g/mol. The number of hydrogen-bond donors (Lipinski definition) is 1. The minimum atomic E-state index is -0.335. The number of nitrogens with zero attached hydrogens (tertiary/aromatic N) is 3. The quantitative estimate of drug-likeness (QED) is 0.393. The molecule has 30 heavy (non-hydrogen) atoms. The second-order valence-electron chi connectivity index (χ2n) is 6.46. The second-order valence-corrected chi connectivity index (χ2v) is 7.41. The van der Waals surface area contributed by atoms with Crippen LogP contribution in [0, 0.1) is 0 Å². The molecule has 5 rings (SSSR count). The number of para-hydroxylation sites is 1. The highest BCUT2D eigenvalue weighted by Crippen LogP contribution is 2.32. The van der Waals surface area contributed by atoms with Crippen molar-refractivity contribution >= 4 is 23.5 Å². The molecule has 8 heteroatoms. The van der Waals surface area contributed by atoms with Gasteiger partial charge in [0.25, 0.3) is 5.91 Å². The van der Waals surface area contributed by atoms with E-state index in [4.69, 9.17) is 14.6 Å². The van der Waals surface area contributed by atoms with Gasteiger partial charge < -0.3 is 9.47 Å². The van der Waals surface area contributed by atoms with Crippen LogP contribution in [0.1, 0.15) is 15.9 Å². The van der Waals surface area contributed by atoms with Crippen LogP contribution in [-0.4, -0.2) is 28.7 Å². The minimum absolute atomic E-state index is 0.162. The summed E-state index contributed by atoms with van der Waals surface area (Å²) in [4.78, 5) is 13.5. The Bertz CT molecular complexity index is 1220. The summed E-state index contributed by atoms with van der Waals surface area (Å²) in [5.74, 6) is 0.845. The van der Waals surface area contributed by atoms with E-state index in [0.717, 1.165) is 21.8 Å². The Kier molecular flexibility index (Phi) is 4.74. The van der Waals surface area contributed by atoms with Gasteiger partial charge >= 0.3 is 0 Å². The Labute approximate surface area is 176 Å². The minimum Gasteiger partial charge on any atom is -0.454 e. The standard InChI is InChI=1S/C22H16N4O3S/c27-22(15-8-9-18-19(11-15)29-14-28-18)24-23-12-16-13-26(17-5-2-1-3-6-17)25-21(16)20-7-4-10-30-20/h1-13H,14H2,(H,24,27)/b23-12-. The van der Waals surface area contributed by atoms with E-state index in [-0.39, 0.29) is 12.7 Å². The third-order valence-corrected chi connectivity index (χ3v) is 5.40. The molecule has 2 aromatic heterocycles. The van der Waals surface area contributed by atoms with Crippen LogP contribution >= 0.6 is 11.3 Å². The van der Waals surface area contributed by atoms with E-state index >= 15 is 0 Å². The number of aromatic nitrogens is 2. The topological polar surface area (TPSA) is 77.7 Å². The van der Waals surface area contributed by atoms with Gasteiger partial charge in [0.05, 0.1) is 16.8 Å². The van der Waals surface area contributed by atoms with Gasteiger partial charge in [0, 0.05) is 17.3 Å². The maximum Gasteiger partial charge on any atom is 0.271 e. The fraction of sp³-hybridized carbons (Fsp3) is 0.0455. The first-order valence-electron chi connectivity index (χ1n) is 9.20. The lowest BCUT2D eigenvalue weighted by Gasteiger charge is -2.01. The van der Waals surface area contributed by atoms with Crippen LogP contribution in [0.25, 0.3) is 16.3 Å². The second kappa shape index (κ2) is 7.84. The monoisotopic (exact) mass is 416 g/mol. The molecule has 0 unspecified atom stereocenters. The molecular formula is C22H16N4O3S. The molecule has 4 aromatic rings. The fourth-order valence-electron chi connectivity index (χ4n) is 3.06. The molecule has 3 heterocycles. The summed E-state index contributed by atoms with van der Waals surface area (Å²) in [5.41, 5.74) is 5.54. The number of hydrazone groups is 1. The van der Waals surface area contributed by atoms with Crippen LogP contribution in [0.15, 0.2) is 77.3 Å². The Morgan fingerprint density at radius 3 is 2.80 bits per heavy atom. The van der Waals surface area contributed by atoms with Crippen LogP contribution in [0.5, 0.6) is 11.5 Å². The van der Waals surface area contributed by atoms with Crippen LogP contribution in [0.4, 0.5) is 0 Å². The van der Waals surface area contributed by atoms with E-state index in [1.807, 2.05) is 54.0 Å². The van der Waals surface area contributed by atoms with Gasteiger partial charge in [-0.2, -0.15) is 10.2 Å². The normalized spacial score (nSPS) is 12.4. The first-order valence-corrected chi connectivity index (χ1v) is 10.1. The van der Waals surface area contributed by atoms with E-state index in [2.05, 4.69) is 10.5 Å². The summed E-state index contributed by atoms with van der Waals surface area (Å²) in [6.07, 6.45) is 3.49. The van der Waals surface area contributed by atoms with Crippen LogP contribution < -0.4 is 14.9 Å². The molecule has 7 nitrogen and oxygen atoms in total. The van der Waals surface area contributed by atoms with Crippen molar-refractivity contribution in [2.24, 2.45) is 5.10 Å². The molecule has 0 bridgehead atoms. The third-order valence-electron chi connectivity index (χ3n) is 4.52. The zero-order valence-electron chi connectivity index (χ0n) is 15.7. The molecule has 1 aliphatic heterocycles. The first-order chi connectivity index (χ1) is 14.8. The summed E-state index contributed by atoms with van der Waals surface area (Å²) in [5, 5.41) is 10.9. The zero-order chi connectivity index (χ0) is 20.3. The molecule has 0 fully saturated rings. The van der Waals surface area contributed by atoms with Gasteiger partial charge in [-0.15, -0.1) is 11.3 Å². The molecule has 2 aromatic carbocycles. The number of benzene rings is 2. The summed E-state index contributed by atoms with van der Waals surface area (Å²) >= 11 is 1.60. The number of carbonyl (C=O) groups excluding carboxylic acids is 1. The molecule has 0 atom stereocenters. The Morgan fingerprint density at radius 1 is 1.10 bits per heavy atom. The third kappa shape index (κ3) is 3.56. The van der Waals surface area contributed by atoms with Crippen molar-refractivity contribution in [3.63, 3.8) is 0 Å². The highest BCUT2D eigenvalue weighted by molar-refractivity contribution is 7.13. The van der Waals surface area contributed by atoms with E-state index in [1.54, 1.807) is 40.4 Å². The lowest BCUT2D eigenvalue weighted by Crippen LogP contribution is -2.17. The molecular weight excluding hydrogens is 400 g/mol. The summed E-state index contributed by atoms with van der Waals surface area (Å²) < 4.78 is 12.4. The smallest absolute Gasteiger partial charge is 0.271 e. The number of nitrogens with one attached hydrogen (secondary N) is 1. The molecule has 0 saturated heterocycles. The average Bonchev–Trinajstić information content (AvgIpc) is 3.53. The van der Waals surface area contributed by atoms with Crippen LogP contribution in [0.2, 0.25) is 0 Å². The first kappa shape index (κ1) is 18.1. The van der Waals surface area contributed by atoms with Crippen LogP contribution in [0.3, 0.4) is 0 Å². The summed E-state index contributed by atoms with van der Waals surface area (Å²) in [7, 11) is 0. The number of carbonyl (C=O) groups is 1. The van der Waals surface area contributed by atoms with Gasteiger partial charge in [-0.1, -0.05) is 24.3 Å². The van der Waals surface area contributed by atoms with Crippen molar-refractivity contribution in [3.05, 3.63) is 83.4 Å². The summed E-state index contributed by atoms with van der Waals surface area (Å²) in [6, 6.07) is 18.8. The van der Waals surface area contributed by atoms with Crippen molar-refractivity contribution < 1.29 is 14.3 Å². The molecule has 0 aliphatic carbocycles. The number of rotatable bonds is 5. The zero-order valence-corrected chi connectivity index (χ0v) is 16.5. The maximum atomic E-state index is 12.4. The lowest BCUT2D eigenvalue weighted by atomic mass is 10.2. The highest BCUT2D eigenvalue weighted by Gasteiger charge is 2.16. The van der Waals surface area contributed by atoms with Crippen molar-refractivity contribution in [3.8, 4) is 27.8 Å². The molecule has 148 valence electrons. The van der Waals surface area contributed by atoms with Gasteiger partial charge in [-0.05, 0) is 41.8 Å². The number of ether oxygens (including phenoxy) is 2. The van der Waals surface area contributed by atoms with Gasteiger partial charge in [0.15, 0.2) is 11.5 Å². The Balaban J connectivity index is 1.39.